The van der Waals surface area contributed by atoms with E-state index in [0.717, 1.165) is 23.3 Å². The van der Waals surface area contributed by atoms with Crippen molar-refractivity contribution in [3.63, 3.8) is 0 Å². The fourth-order valence-electron chi connectivity index (χ4n) is 2.73. The molecule has 1 nitrogen and oxygen atoms in total. The first-order valence-electron chi connectivity index (χ1n) is 6.15. The summed E-state index contributed by atoms with van der Waals surface area (Å²) in [7, 11) is 0. The van der Waals surface area contributed by atoms with E-state index in [-0.39, 0.29) is 0 Å². The van der Waals surface area contributed by atoms with Crippen molar-refractivity contribution in [1.82, 2.24) is 0 Å². The van der Waals surface area contributed by atoms with Crippen molar-refractivity contribution in [2.75, 3.05) is 0 Å². The molecule has 100 valence electrons. The quantitative estimate of drug-likeness (QED) is 0.768. The highest BCUT2D eigenvalue weighted by molar-refractivity contribution is 5.58. The van der Waals surface area contributed by atoms with Crippen molar-refractivity contribution in [1.29, 1.82) is 5.26 Å². The Labute approximate surface area is 114 Å². The van der Waals surface area contributed by atoms with Gasteiger partial charge in [0.05, 0.1) is 11.6 Å². The largest absolute Gasteiger partial charge is 0.416 e. The van der Waals surface area contributed by atoms with Crippen LogP contribution >= 0.6 is 0 Å². The molecule has 4 heteroatoms. The lowest BCUT2D eigenvalue weighted by Crippen LogP contribution is -2.38. The van der Waals surface area contributed by atoms with Crippen LogP contribution in [0, 0.1) is 11.3 Å². The third kappa shape index (κ3) is 1.70. The number of benzene rings is 2. The van der Waals surface area contributed by atoms with Crippen LogP contribution in [0.5, 0.6) is 0 Å². The summed E-state index contributed by atoms with van der Waals surface area (Å²) in [5.41, 5.74) is 1.09. The predicted molar refractivity (Wildman–Crippen MR) is 68.0 cm³/mol. The number of hydrogen-bond acceptors (Lipinski definition) is 1. The average molecular weight is 273 g/mol. The molecular weight excluding hydrogens is 263 g/mol. The van der Waals surface area contributed by atoms with Gasteiger partial charge in [0.15, 0.2) is 0 Å². The smallest absolute Gasteiger partial charge is 0.197 e. The Morgan fingerprint density at radius 1 is 1.00 bits per heavy atom. The average Bonchev–Trinajstić information content (AvgIpc) is 2.40. The van der Waals surface area contributed by atoms with Crippen LogP contribution in [0.3, 0.4) is 0 Å². The van der Waals surface area contributed by atoms with Crippen molar-refractivity contribution in [3.05, 3.63) is 70.8 Å². The maximum absolute atomic E-state index is 12.6. The number of halogens is 3. The number of nitrogens with zero attached hydrogens (tertiary/aromatic N) is 1. The van der Waals surface area contributed by atoms with Gasteiger partial charge in [-0.05, 0) is 35.2 Å². The summed E-state index contributed by atoms with van der Waals surface area (Å²) in [6, 6.07) is 14.7. The third-order valence-corrected chi connectivity index (χ3v) is 3.83. The fraction of sp³-hybridized carbons (Fsp3) is 0.188. The standard InChI is InChI=1S/C16H10F3N/c17-16(18,19)13-7-5-12(6-8-13)15(10-20)9-11-3-1-2-4-14(11)15/h1-8H,9H2. The Balaban J connectivity index is 2.04. The van der Waals surface area contributed by atoms with Gasteiger partial charge in [0.2, 0.25) is 0 Å². The van der Waals surface area contributed by atoms with E-state index in [0.29, 0.717) is 12.0 Å². The summed E-state index contributed by atoms with van der Waals surface area (Å²) in [4.78, 5) is 0. The van der Waals surface area contributed by atoms with Gasteiger partial charge < -0.3 is 0 Å². The maximum atomic E-state index is 12.6. The Morgan fingerprint density at radius 3 is 2.20 bits per heavy atom. The van der Waals surface area contributed by atoms with E-state index in [4.69, 9.17) is 0 Å². The third-order valence-electron chi connectivity index (χ3n) is 3.83. The lowest BCUT2D eigenvalue weighted by Gasteiger charge is -2.38. The van der Waals surface area contributed by atoms with Gasteiger partial charge in [-0.3, -0.25) is 0 Å². The van der Waals surface area contributed by atoms with E-state index < -0.39 is 17.2 Å². The molecule has 20 heavy (non-hydrogen) atoms. The summed E-state index contributed by atoms with van der Waals surface area (Å²) in [6.07, 6.45) is -3.80. The van der Waals surface area contributed by atoms with Gasteiger partial charge in [-0.25, -0.2) is 0 Å². The van der Waals surface area contributed by atoms with Crippen LogP contribution in [-0.2, 0) is 18.0 Å². The lowest BCUT2D eigenvalue weighted by atomic mass is 9.61. The van der Waals surface area contributed by atoms with E-state index in [9.17, 15) is 18.4 Å². The van der Waals surface area contributed by atoms with E-state index in [1.807, 2.05) is 24.3 Å². The van der Waals surface area contributed by atoms with Crippen LogP contribution in [0.1, 0.15) is 22.3 Å². The normalized spacial score (nSPS) is 20.7. The number of hydrogen-bond donors (Lipinski definition) is 0. The number of nitriles is 1. The molecule has 0 aromatic heterocycles. The minimum absolute atomic E-state index is 0.547. The van der Waals surface area contributed by atoms with Crippen molar-refractivity contribution in [2.24, 2.45) is 0 Å². The molecule has 0 bridgehead atoms. The van der Waals surface area contributed by atoms with E-state index in [1.54, 1.807) is 0 Å². The zero-order valence-electron chi connectivity index (χ0n) is 10.4. The Morgan fingerprint density at radius 2 is 1.65 bits per heavy atom. The molecule has 0 heterocycles. The van der Waals surface area contributed by atoms with Gasteiger partial charge in [-0.1, -0.05) is 36.4 Å². The topological polar surface area (TPSA) is 23.8 Å². The van der Waals surface area contributed by atoms with Gasteiger partial charge in [0.25, 0.3) is 0 Å². The Hall–Kier alpha value is -2.28. The van der Waals surface area contributed by atoms with Crippen LogP contribution in [0.15, 0.2) is 48.5 Å². The predicted octanol–water partition coefficient (Wildman–Crippen LogP) is 4.07. The summed E-state index contributed by atoms with van der Waals surface area (Å²) in [5.74, 6) is 0. The molecule has 1 aliphatic carbocycles. The molecule has 0 aliphatic heterocycles. The van der Waals surface area contributed by atoms with Crippen molar-refractivity contribution in [2.45, 2.75) is 18.0 Å². The second-order valence-corrected chi connectivity index (χ2v) is 4.93. The summed E-state index contributed by atoms with van der Waals surface area (Å²) in [6.45, 7) is 0. The van der Waals surface area contributed by atoms with E-state index in [1.165, 1.54) is 12.1 Å². The van der Waals surface area contributed by atoms with Crippen molar-refractivity contribution < 1.29 is 13.2 Å². The van der Waals surface area contributed by atoms with Crippen LogP contribution in [0.25, 0.3) is 0 Å². The molecule has 0 fully saturated rings. The number of fused-ring (bicyclic) bond motifs is 1. The second-order valence-electron chi connectivity index (χ2n) is 4.93. The Bertz CT molecular complexity index is 695. The fourth-order valence-corrected chi connectivity index (χ4v) is 2.73. The SMILES string of the molecule is N#CC1(c2ccc(C(F)(F)F)cc2)Cc2ccccc21. The van der Waals surface area contributed by atoms with Crippen molar-refractivity contribution >= 4 is 0 Å². The number of alkyl halides is 3. The van der Waals surface area contributed by atoms with Gasteiger partial charge in [-0.15, -0.1) is 0 Å². The number of rotatable bonds is 1. The first kappa shape index (κ1) is 12.7. The molecule has 0 N–H and O–H groups in total. The van der Waals surface area contributed by atoms with Crippen LogP contribution < -0.4 is 0 Å². The van der Waals surface area contributed by atoms with Crippen LogP contribution in [-0.4, -0.2) is 0 Å². The molecule has 2 aromatic carbocycles. The highest BCUT2D eigenvalue weighted by atomic mass is 19.4. The molecule has 1 atom stereocenters. The highest BCUT2D eigenvalue weighted by Gasteiger charge is 2.44. The highest BCUT2D eigenvalue weighted by Crippen LogP contribution is 2.46. The zero-order valence-corrected chi connectivity index (χ0v) is 10.4. The molecule has 0 amide bonds. The summed E-state index contributed by atoms with van der Waals surface area (Å²) in [5, 5.41) is 9.49. The van der Waals surface area contributed by atoms with Gasteiger partial charge in [0, 0.05) is 0 Å². The van der Waals surface area contributed by atoms with Crippen LogP contribution in [0.4, 0.5) is 13.2 Å². The molecule has 1 aliphatic rings. The minimum Gasteiger partial charge on any atom is -0.197 e. The van der Waals surface area contributed by atoms with Gasteiger partial charge >= 0.3 is 6.18 Å². The van der Waals surface area contributed by atoms with E-state index >= 15 is 0 Å². The molecule has 1 unspecified atom stereocenters. The molecule has 0 saturated carbocycles. The molecule has 0 saturated heterocycles. The molecule has 0 radical (unpaired) electrons. The zero-order chi connectivity index (χ0) is 14.4. The minimum atomic E-state index is -4.35. The van der Waals surface area contributed by atoms with Gasteiger partial charge in [-0.2, -0.15) is 18.4 Å². The first-order chi connectivity index (χ1) is 9.47. The molecule has 2 aromatic rings. The molecule has 3 rings (SSSR count). The van der Waals surface area contributed by atoms with Crippen LogP contribution in [0.2, 0.25) is 0 Å². The van der Waals surface area contributed by atoms with Gasteiger partial charge in [0.1, 0.15) is 5.41 Å². The first-order valence-corrected chi connectivity index (χ1v) is 6.15. The second kappa shape index (κ2) is 4.11. The summed E-state index contributed by atoms with van der Waals surface area (Å²) >= 11 is 0. The molecular formula is C16H10F3N. The monoisotopic (exact) mass is 273 g/mol. The maximum Gasteiger partial charge on any atom is 0.416 e. The Kier molecular flexibility index (Phi) is 2.62. The summed E-state index contributed by atoms with van der Waals surface area (Å²) < 4.78 is 37.7. The lowest BCUT2D eigenvalue weighted by molar-refractivity contribution is -0.137. The van der Waals surface area contributed by atoms with E-state index in [2.05, 4.69) is 6.07 Å². The molecule has 0 spiro atoms. The van der Waals surface area contributed by atoms with Crippen molar-refractivity contribution in [3.8, 4) is 6.07 Å².